The number of hydrogen-bond acceptors (Lipinski definition) is 6. The van der Waals surface area contributed by atoms with Crippen molar-refractivity contribution in [3.63, 3.8) is 0 Å². The number of piperidine rings is 1. The normalized spacial score (nSPS) is 17.0. The van der Waals surface area contributed by atoms with Gasteiger partial charge >= 0.3 is 0 Å². The molecule has 0 radical (unpaired) electrons. The van der Waals surface area contributed by atoms with Crippen LogP contribution in [-0.4, -0.2) is 58.6 Å². The Morgan fingerprint density at radius 2 is 1.81 bits per heavy atom. The highest BCUT2D eigenvalue weighted by atomic mass is 35.5. The Morgan fingerprint density at radius 3 is 2.38 bits per heavy atom. The molecule has 0 atom stereocenters. The summed E-state index contributed by atoms with van der Waals surface area (Å²) >= 11 is 6.03. The standard InChI is InChI=1S/C14H25ClN6/c1-4-20-9-7-11(8-10-20)16-13-17-12(15)18-14(19-13)21(5-2)6-3/h11H,4-10H2,1-3H3,(H,16,17,18,19). The van der Waals surface area contributed by atoms with E-state index in [1.54, 1.807) is 0 Å². The van der Waals surface area contributed by atoms with Crippen molar-refractivity contribution in [1.29, 1.82) is 0 Å². The zero-order valence-electron chi connectivity index (χ0n) is 13.1. The highest BCUT2D eigenvalue weighted by Crippen LogP contribution is 2.17. The second-order valence-electron chi connectivity index (χ2n) is 5.25. The Balaban J connectivity index is 2.03. The molecule has 0 bridgehead atoms. The van der Waals surface area contributed by atoms with Gasteiger partial charge in [-0.15, -0.1) is 0 Å². The second kappa shape index (κ2) is 7.75. The van der Waals surface area contributed by atoms with Crippen LogP contribution in [-0.2, 0) is 0 Å². The number of rotatable bonds is 6. The first-order valence-corrected chi connectivity index (χ1v) is 8.19. The number of likely N-dealkylation sites (tertiary alicyclic amines) is 1. The average molecular weight is 313 g/mol. The van der Waals surface area contributed by atoms with Gasteiger partial charge in [0.2, 0.25) is 17.2 Å². The quantitative estimate of drug-likeness (QED) is 0.869. The van der Waals surface area contributed by atoms with Crippen LogP contribution in [0.15, 0.2) is 0 Å². The number of halogens is 1. The first kappa shape index (κ1) is 16.2. The van der Waals surface area contributed by atoms with Gasteiger partial charge in [0.25, 0.3) is 0 Å². The maximum atomic E-state index is 6.03. The van der Waals surface area contributed by atoms with Crippen LogP contribution in [0, 0.1) is 0 Å². The lowest BCUT2D eigenvalue weighted by atomic mass is 10.1. The molecular weight excluding hydrogens is 288 g/mol. The van der Waals surface area contributed by atoms with Gasteiger partial charge in [-0.1, -0.05) is 6.92 Å². The molecule has 0 saturated carbocycles. The first-order valence-electron chi connectivity index (χ1n) is 7.81. The Morgan fingerprint density at radius 1 is 1.14 bits per heavy atom. The number of nitrogens with zero attached hydrogens (tertiary/aromatic N) is 5. The lowest BCUT2D eigenvalue weighted by Crippen LogP contribution is -2.39. The van der Waals surface area contributed by atoms with E-state index in [2.05, 4.69) is 50.8 Å². The molecular formula is C14H25ClN6. The summed E-state index contributed by atoms with van der Waals surface area (Å²) in [7, 11) is 0. The van der Waals surface area contributed by atoms with Gasteiger partial charge in [0, 0.05) is 32.2 Å². The van der Waals surface area contributed by atoms with Crippen molar-refractivity contribution in [1.82, 2.24) is 19.9 Å². The summed E-state index contributed by atoms with van der Waals surface area (Å²) in [5, 5.41) is 3.66. The van der Waals surface area contributed by atoms with E-state index >= 15 is 0 Å². The van der Waals surface area contributed by atoms with E-state index in [1.165, 1.54) is 0 Å². The van der Waals surface area contributed by atoms with Crippen molar-refractivity contribution in [3.8, 4) is 0 Å². The van der Waals surface area contributed by atoms with Crippen molar-refractivity contribution in [2.75, 3.05) is 42.9 Å². The molecule has 0 amide bonds. The molecule has 1 aromatic rings. The first-order chi connectivity index (χ1) is 10.2. The van der Waals surface area contributed by atoms with E-state index in [-0.39, 0.29) is 5.28 Å². The van der Waals surface area contributed by atoms with Crippen molar-refractivity contribution >= 4 is 23.5 Å². The molecule has 7 heteroatoms. The van der Waals surface area contributed by atoms with Gasteiger partial charge in [-0.05, 0) is 44.8 Å². The third-order valence-corrected chi connectivity index (χ3v) is 4.18. The molecule has 6 nitrogen and oxygen atoms in total. The largest absolute Gasteiger partial charge is 0.351 e. The van der Waals surface area contributed by atoms with E-state index < -0.39 is 0 Å². The molecule has 1 fully saturated rings. The van der Waals surface area contributed by atoms with Crippen molar-refractivity contribution in [2.45, 2.75) is 39.7 Å². The fourth-order valence-corrected chi connectivity index (χ4v) is 2.78. The van der Waals surface area contributed by atoms with Crippen LogP contribution in [0.1, 0.15) is 33.6 Å². The summed E-state index contributed by atoms with van der Waals surface area (Å²) in [6.07, 6.45) is 2.22. The van der Waals surface area contributed by atoms with Crippen LogP contribution in [0.3, 0.4) is 0 Å². The van der Waals surface area contributed by atoms with Crippen molar-refractivity contribution in [2.24, 2.45) is 0 Å². The van der Waals surface area contributed by atoms with Crippen LogP contribution in [0.2, 0.25) is 5.28 Å². The predicted octanol–water partition coefficient (Wildman–Crippen LogP) is 2.27. The Bertz CT molecular complexity index is 443. The van der Waals surface area contributed by atoms with Crippen molar-refractivity contribution < 1.29 is 0 Å². The van der Waals surface area contributed by atoms with Crippen LogP contribution in [0.5, 0.6) is 0 Å². The Hall–Kier alpha value is -1.14. The minimum Gasteiger partial charge on any atom is -0.351 e. The fourth-order valence-electron chi connectivity index (χ4n) is 2.63. The van der Waals surface area contributed by atoms with Gasteiger partial charge in [-0.25, -0.2) is 0 Å². The molecule has 0 unspecified atom stereocenters. The summed E-state index contributed by atoms with van der Waals surface area (Å²) in [6, 6.07) is 0.413. The number of nitrogens with one attached hydrogen (secondary N) is 1. The lowest BCUT2D eigenvalue weighted by Gasteiger charge is -2.31. The molecule has 21 heavy (non-hydrogen) atoms. The molecule has 2 heterocycles. The third kappa shape index (κ3) is 4.41. The highest BCUT2D eigenvalue weighted by molar-refractivity contribution is 6.28. The predicted molar refractivity (Wildman–Crippen MR) is 87.2 cm³/mol. The lowest BCUT2D eigenvalue weighted by molar-refractivity contribution is 0.229. The summed E-state index contributed by atoms with van der Waals surface area (Å²) in [5.41, 5.74) is 0. The molecule has 2 rings (SSSR count). The topological polar surface area (TPSA) is 57.2 Å². The molecule has 118 valence electrons. The number of anilines is 2. The Kier molecular flexibility index (Phi) is 5.99. The SMILES string of the molecule is CCN1CCC(Nc2nc(Cl)nc(N(CC)CC)n2)CC1. The van der Waals surface area contributed by atoms with Gasteiger partial charge in [-0.3, -0.25) is 0 Å². The monoisotopic (exact) mass is 312 g/mol. The van der Waals surface area contributed by atoms with Gasteiger partial charge < -0.3 is 15.1 Å². The molecule has 1 aromatic heterocycles. The molecule has 1 aliphatic rings. The molecule has 1 N–H and O–H groups in total. The van der Waals surface area contributed by atoms with E-state index in [4.69, 9.17) is 11.6 Å². The van der Waals surface area contributed by atoms with Gasteiger partial charge in [0.15, 0.2) is 0 Å². The van der Waals surface area contributed by atoms with E-state index in [9.17, 15) is 0 Å². The Labute approximate surface area is 131 Å². The molecule has 0 spiro atoms. The third-order valence-electron chi connectivity index (χ3n) is 4.01. The van der Waals surface area contributed by atoms with Gasteiger partial charge in [-0.2, -0.15) is 15.0 Å². The summed E-state index contributed by atoms with van der Waals surface area (Å²) < 4.78 is 0. The fraction of sp³-hybridized carbons (Fsp3) is 0.786. The smallest absolute Gasteiger partial charge is 0.231 e. The maximum absolute atomic E-state index is 6.03. The summed E-state index contributed by atoms with van der Waals surface area (Å²) in [5.74, 6) is 1.24. The van der Waals surface area contributed by atoms with Crippen LogP contribution in [0.25, 0.3) is 0 Å². The highest BCUT2D eigenvalue weighted by Gasteiger charge is 2.19. The van der Waals surface area contributed by atoms with Crippen molar-refractivity contribution in [3.05, 3.63) is 5.28 Å². The second-order valence-corrected chi connectivity index (χ2v) is 5.59. The minimum absolute atomic E-state index is 0.250. The van der Waals surface area contributed by atoms with E-state index in [1.807, 2.05) is 0 Å². The van der Waals surface area contributed by atoms with Crippen LogP contribution < -0.4 is 10.2 Å². The summed E-state index contributed by atoms with van der Waals surface area (Å²) in [6.45, 7) is 11.4. The van der Waals surface area contributed by atoms with Gasteiger partial charge in [0.1, 0.15) is 0 Å². The minimum atomic E-state index is 0.250. The maximum Gasteiger partial charge on any atom is 0.231 e. The summed E-state index contributed by atoms with van der Waals surface area (Å²) in [4.78, 5) is 17.5. The molecule has 0 aliphatic carbocycles. The number of hydrogen-bond donors (Lipinski definition) is 1. The molecule has 1 aliphatic heterocycles. The zero-order valence-corrected chi connectivity index (χ0v) is 13.9. The van der Waals surface area contributed by atoms with Crippen LogP contribution >= 0.6 is 11.6 Å². The van der Waals surface area contributed by atoms with Gasteiger partial charge in [0.05, 0.1) is 0 Å². The zero-order chi connectivity index (χ0) is 15.2. The average Bonchev–Trinajstić information content (AvgIpc) is 2.49. The van der Waals surface area contributed by atoms with E-state index in [0.29, 0.717) is 17.9 Å². The van der Waals surface area contributed by atoms with E-state index in [0.717, 1.165) is 45.6 Å². The molecule has 1 saturated heterocycles. The van der Waals surface area contributed by atoms with Crippen LogP contribution in [0.4, 0.5) is 11.9 Å². The number of aromatic nitrogens is 3. The molecule has 0 aromatic carbocycles.